The smallest absolute Gasteiger partial charge is 0.416 e. The van der Waals surface area contributed by atoms with E-state index >= 15 is 0 Å². The fraction of sp³-hybridized carbons (Fsp3) is 0.433. The van der Waals surface area contributed by atoms with Crippen molar-refractivity contribution < 1.29 is 27.6 Å². The normalized spacial score (nSPS) is 12.7. The minimum Gasteiger partial charge on any atom is -0.481 e. The number of anilines is 2. The molecule has 0 bridgehead atoms. The van der Waals surface area contributed by atoms with Crippen molar-refractivity contribution in [1.29, 1.82) is 5.26 Å². The molecule has 0 saturated heterocycles. The molecule has 212 valence electrons. The molecule has 1 aliphatic rings. The van der Waals surface area contributed by atoms with E-state index in [-0.39, 0.29) is 18.5 Å². The number of aromatic nitrogens is 1. The monoisotopic (exact) mass is 554 g/mol. The van der Waals surface area contributed by atoms with Gasteiger partial charge in [-0.1, -0.05) is 11.2 Å². The highest BCUT2D eigenvalue weighted by Crippen LogP contribution is 2.35. The Morgan fingerprint density at radius 1 is 1.07 bits per heavy atom. The quantitative estimate of drug-likeness (QED) is 0.251. The maximum atomic E-state index is 13.6. The zero-order valence-corrected chi connectivity index (χ0v) is 22.7. The van der Waals surface area contributed by atoms with Crippen LogP contribution in [0.3, 0.4) is 0 Å². The number of fused-ring (bicyclic) bond motifs is 1. The lowest BCUT2D eigenvalue weighted by Gasteiger charge is -2.30. The summed E-state index contributed by atoms with van der Waals surface area (Å²) in [4.78, 5) is 15.1. The van der Waals surface area contributed by atoms with E-state index in [2.05, 4.69) is 29.1 Å². The highest BCUT2D eigenvalue weighted by molar-refractivity contribution is 5.66. The molecule has 0 fully saturated rings. The highest BCUT2D eigenvalue weighted by atomic mass is 19.4. The van der Waals surface area contributed by atoms with Crippen LogP contribution in [-0.2, 0) is 36.9 Å². The van der Waals surface area contributed by atoms with Gasteiger partial charge in [-0.2, -0.15) is 18.4 Å². The van der Waals surface area contributed by atoms with Crippen molar-refractivity contribution >= 4 is 17.5 Å². The van der Waals surface area contributed by atoms with Gasteiger partial charge in [0.25, 0.3) is 0 Å². The number of aliphatic carboxylic acids is 1. The third-order valence-electron chi connectivity index (χ3n) is 7.20. The molecular weight excluding hydrogens is 521 g/mol. The Morgan fingerprint density at radius 2 is 1.82 bits per heavy atom. The molecule has 0 aliphatic heterocycles. The van der Waals surface area contributed by atoms with Gasteiger partial charge in [0.2, 0.25) is 5.88 Å². The van der Waals surface area contributed by atoms with E-state index < -0.39 is 17.7 Å². The Kier molecular flexibility index (Phi) is 9.03. The van der Waals surface area contributed by atoms with E-state index in [1.54, 1.807) is 13.0 Å². The van der Waals surface area contributed by atoms with Crippen LogP contribution in [0.15, 0.2) is 40.9 Å². The highest BCUT2D eigenvalue weighted by Gasteiger charge is 2.31. The van der Waals surface area contributed by atoms with Crippen molar-refractivity contribution in [2.24, 2.45) is 0 Å². The van der Waals surface area contributed by atoms with Gasteiger partial charge in [0.15, 0.2) is 0 Å². The molecule has 0 atom stereocenters. The molecule has 40 heavy (non-hydrogen) atoms. The lowest BCUT2D eigenvalue weighted by molar-refractivity contribution is -0.138. The molecule has 0 unspecified atom stereocenters. The van der Waals surface area contributed by atoms with Gasteiger partial charge >= 0.3 is 12.1 Å². The predicted molar refractivity (Wildman–Crippen MR) is 145 cm³/mol. The number of hydrogen-bond acceptors (Lipinski definition) is 6. The number of benzene rings is 2. The first-order valence-electron chi connectivity index (χ1n) is 13.5. The van der Waals surface area contributed by atoms with Crippen LogP contribution in [0.4, 0.5) is 24.7 Å². The van der Waals surface area contributed by atoms with Gasteiger partial charge < -0.3 is 19.4 Å². The summed E-state index contributed by atoms with van der Waals surface area (Å²) in [5.74, 6) is -0.391. The lowest BCUT2D eigenvalue weighted by Crippen LogP contribution is -2.28. The Bertz CT molecular complexity index is 1390. The Labute approximate surface area is 231 Å². The Morgan fingerprint density at radius 3 is 2.45 bits per heavy atom. The van der Waals surface area contributed by atoms with Crippen molar-refractivity contribution in [2.75, 3.05) is 22.9 Å². The first-order chi connectivity index (χ1) is 19.1. The van der Waals surface area contributed by atoms with E-state index in [0.29, 0.717) is 36.7 Å². The first-order valence-corrected chi connectivity index (χ1v) is 13.5. The van der Waals surface area contributed by atoms with Crippen molar-refractivity contribution in [3.8, 4) is 6.07 Å². The maximum Gasteiger partial charge on any atom is 0.416 e. The number of unbranched alkanes of at least 4 members (excludes halogenated alkanes) is 1. The van der Waals surface area contributed by atoms with Crippen molar-refractivity contribution in [3.05, 3.63) is 75.5 Å². The van der Waals surface area contributed by atoms with Crippen LogP contribution in [-0.4, -0.2) is 29.3 Å². The van der Waals surface area contributed by atoms with Gasteiger partial charge in [-0.3, -0.25) is 4.79 Å². The number of carboxylic acids is 1. The number of alkyl halides is 3. The second-order valence-corrected chi connectivity index (χ2v) is 10.2. The van der Waals surface area contributed by atoms with Gasteiger partial charge in [-0.05, 0) is 92.5 Å². The number of halogens is 3. The summed E-state index contributed by atoms with van der Waals surface area (Å²) in [6.07, 6.45) is -0.136. The number of aryl methyl sites for hydroxylation is 3. The number of nitrogens with zero attached hydrogens (tertiary/aromatic N) is 4. The summed E-state index contributed by atoms with van der Waals surface area (Å²) in [6.45, 7) is 5.67. The van der Waals surface area contributed by atoms with Crippen LogP contribution in [0.1, 0.15) is 71.7 Å². The van der Waals surface area contributed by atoms with Gasteiger partial charge in [0.05, 0.1) is 22.9 Å². The molecule has 0 amide bonds. The average Bonchev–Trinajstić information content (AvgIpc) is 3.55. The van der Waals surface area contributed by atoms with Crippen LogP contribution < -0.4 is 9.80 Å². The molecule has 1 aliphatic carbocycles. The van der Waals surface area contributed by atoms with Crippen LogP contribution in [0.2, 0.25) is 0 Å². The summed E-state index contributed by atoms with van der Waals surface area (Å²) < 4.78 is 46.3. The van der Waals surface area contributed by atoms with E-state index in [1.165, 1.54) is 17.2 Å². The van der Waals surface area contributed by atoms with Crippen molar-refractivity contribution in [3.63, 3.8) is 0 Å². The van der Waals surface area contributed by atoms with Crippen molar-refractivity contribution in [1.82, 2.24) is 5.16 Å². The Hall–Kier alpha value is -4.00. The molecule has 3 aromatic rings. The zero-order valence-electron chi connectivity index (χ0n) is 22.7. The number of carboxylic acid groups (broad SMARTS) is 1. The fourth-order valence-electron chi connectivity index (χ4n) is 5.26. The predicted octanol–water partition coefficient (Wildman–Crippen LogP) is 6.65. The standard InChI is InChI=1S/C30H33F3N4O3/c1-3-36(10-5-4-9-29(38)39)27-16-24-8-6-7-23(24)15-25(27)19-37(28-11-20(2)35-40-28)18-22-12-21(17-34)13-26(14-22)30(31,32)33/h11-16H,3-10,18-19H2,1-2H3,(H,38,39). The third kappa shape index (κ3) is 7.14. The topological polar surface area (TPSA) is 93.6 Å². The minimum absolute atomic E-state index is 0.0599. The van der Waals surface area contributed by atoms with Crippen LogP contribution in [0.25, 0.3) is 0 Å². The molecule has 1 heterocycles. The number of carbonyl (C=O) groups is 1. The fourth-order valence-corrected chi connectivity index (χ4v) is 5.26. The van der Waals surface area contributed by atoms with E-state index in [0.717, 1.165) is 55.6 Å². The number of nitriles is 1. The summed E-state index contributed by atoms with van der Waals surface area (Å²) in [5.41, 5.74) is 4.64. The Balaban J connectivity index is 1.70. The largest absolute Gasteiger partial charge is 0.481 e. The van der Waals surface area contributed by atoms with Gasteiger partial charge in [0.1, 0.15) is 0 Å². The van der Waals surface area contributed by atoms with Crippen LogP contribution in [0.5, 0.6) is 0 Å². The van der Waals surface area contributed by atoms with Crippen LogP contribution >= 0.6 is 0 Å². The molecule has 4 rings (SSSR count). The summed E-state index contributed by atoms with van der Waals surface area (Å²) >= 11 is 0. The SMILES string of the molecule is CCN(CCCCC(=O)O)c1cc2c(cc1CN(Cc1cc(C#N)cc(C(F)(F)F)c1)c1cc(C)no1)CCC2. The van der Waals surface area contributed by atoms with E-state index in [1.807, 2.05) is 11.0 Å². The van der Waals surface area contributed by atoms with Gasteiger partial charge in [0, 0.05) is 44.4 Å². The molecule has 10 heteroatoms. The van der Waals surface area contributed by atoms with E-state index in [4.69, 9.17) is 9.63 Å². The van der Waals surface area contributed by atoms with E-state index in [9.17, 15) is 23.2 Å². The zero-order chi connectivity index (χ0) is 28.9. The molecule has 2 aromatic carbocycles. The maximum absolute atomic E-state index is 13.6. The number of rotatable bonds is 12. The molecule has 0 spiro atoms. The molecule has 1 aromatic heterocycles. The summed E-state index contributed by atoms with van der Waals surface area (Å²) in [5, 5.41) is 22.4. The van der Waals surface area contributed by atoms with Gasteiger partial charge in [-0.25, -0.2) is 0 Å². The minimum atomic E-state index is -4.58. The second-order valence-electron chi connectivity index (χ2n) is 10.2. The first kappa shape index (κ1) is 29.0. The summed E-state index contributed by atoms with van der Waals surface area (Å²) in [7, 11) is 0. The number of hydrogen-bond donors (Lipinski definition) is 1. The molecule has 7 nitrogen and oxygen atoms in total. The molecular formula is C30H33F3N4O3. The lowest BCUT2D eigenvalue weighted by atomic mass is 10.0. The molecule has 1 N–H and O–H groups in total. The van der Waals surface area contributed by atoms with Crippen molar-refractivity contribution in [2.45, 2.75) is 71.6 Å². The molecule has 0 radical (unpaired) electrons. The van der Waals surface area contributed by atoms with Crippen LogP contribution in [0, 0.1) is 18.3 Å². The summed E-state index contributed by atoms with van der Waals surface area (Å²) in [6, 6.07) is 11.4. The molecule has 0 saturated carbocycles. The second kappa shape index (κ2) is 12.5. The average molecular weight is 555 g/mol. The third-order valence-corrected chi connectivity index (χ3v) is 7.20. The van der Waals surface area contributed by atoms with Gasteiger partial charge in [-0.15, -0.1) is 0 Å².